The van der Waals surface area contributed by atoms with Crippen molar-refractivity contribution in [3.05, 3.63) is 59.2 Å². The molecule has 0 unspecified atom stereocenters. The maximum atomic E-state index is 11.9. The third-order valence-corrected chi connectivity index (χ3v) is 3.99. The first kappa shape index (κ1) is 15.4. The predicted molar refractivity (Wildman–Crippen MR) is 91.6 cm³/mol. The Balaban J connectivity index is 1.80. The predicted octanol–water partition coefficient (Wildman–Crippen LogP) is 3.76. The molecule has 0 aliphatic rings. The Hall–Kier alpha value is -1.94. The van der Waals surface area contributed by atoms with Gasteiger partial charge in [-0.1, -0.05) is 18.2 Å². The summed E-state index contributed by atoms with van der Waals surface area (Å²) < 4.78 is 0. The van der Waals surface area contributed by atoms with Gasteiger partial charge in [0.1, 0.15) is 0 Å². The standard InChI is InChI=1S/C17H20N2OS/c1-12-7-13(2)9-16(8-12)19-17(20)11-21-10-14-3-5-15(18)6-4-14/h3-9H,10-11,18H2,1-2H3,(H,19,20). The zero-order chi connectivity index (χ0) is 15.2. The maximum Gasteiger partial charge on any atom is 0.234 e. The van der Waals surface area contributed by atoms with Crippen molar-refractivity contribution in [2.45, 2.75) is 19.6 Å². The van der Waals surface area contributed by atoms with E-state index in [1.54, 1.807) is 11.8 Å². The van der Waals surface area contributed by atoms with Gasteiger partial charge in [0, 0.05) is 17.1 Å². The van der Waals surface area contributed by atoms with Crippen LogP contribution in [0.4, 0.5) is 11.4 Å². The number of thioether (sulfide) groups is 1. The highest BCUT2D eigenvalue weighted by molar-refractivity contribution is 7.99. The Morgan fingerprint density at radius 3 is 2.33 bits per heavy atom. The Labute approximate surface area is 129 Å². The van der Waals surface area contributed by atoms with E-state index >= 15 is 0 Å². The quantitative estimate of drug-likeness (QED) is 0.827. The summed E-state index contributed by atoms with van der Waals surface area (Å²) in [5, 5.41) is 2.94. The number of aryl methyl sites for hydroxylation is 2. The highest BCUT2D eigenvalue weighted by Crippen LogP contribution is 2.16. The molecule has 0 heterocycles. The van der Waals surface area contributed by atoms with E-state index in [2.05, 4.69) is 11.4 Å². The number of amides is 1. The molecule has 0 spiro atoms. The smallest absolute Gasteiger partial charge is 0.234 e. The molecule has 2 rings (SSSR count). The van der Waals surface area contributed by atoms with Gasteiger partial charge in [-0.15, -0.1) is 11.8 Å². The van der Waals surface area contributed by atoms with Gasteiger partial charge in [0.15, 0.2) is 0 Å². The van der Waals surface area contributed by atoms with E-state index in [1.807, 2.05) is 50.2 Å². The van der Waals surface area contributed by atoms with Crippen molar-refractivity contribution in [3.63, 3.8) is 0 Å². The molecule has 2 aromatic rings. The summed E-state index contributed by atoms with van der Waals surface area (Å²) in [5.41, 5.74) is 10.7. The van der Waals surface area contributed by atoms with Crippen molar-refractivity contribution in [3.8, 4) is 0 Å². The van der Waals surface area contributed by atoms with Crippen molar-refractivity contribution in [2.24, 2.45) is 0 Å². The highest BCUT2D eigenvalue weighted by Gasteiger charge is 2.04. The Bertz CT molecular complexity index is 603. The van der Waals surface area contributed by atoms with E-state index in [0.29, 0.717) is 5.75 Å². The number of hydrogen-bond donors (Lipinski definition) is 2. The van der Waals surface area contributed by atoms with E-state index in [4.69, 9.17) is 5.73 Å². The van der Waals surface area contributed by atoms with Gasteiger partial charge in [-0.05, 0) is 54.8 Å². The average Bonchev–Trinajstić information content (AvgIpc) is 2.39. The van der Waals surface area contributed by atoms with Crippen LogP contribution in [-0.4, -0.2) is 11.7 Å². The fourth-order valence-electron chi connectivity index (χ4n) is 2.12. The van der Waals surface area contributed by atoms with Crippen molar-refractivity contribution in [1.82, 2.24) is 0 Å². The summed E-state index contributed by atoms with van der Waals surface area (Å²) in [6.45, 7) is 4.05. The molecular formula is C17H20N2OS. The second-order valence-corrected chi connectivity index (χ2v) is 6.14. The van der Waals surface area contributed by atoms with Gasteiger partial charge in [-0.2, -0.15) is 0 Å². The van der Waals surface area contributed by atoms with Crippen LogP contribution in [0.3, 0.4) is 0 Å². The Morgan fingerprint density at radius 1 is 1.10 bits per heavy atom. The van der Waals surface area contributed by atoms with Gasteiger partial charge >= 0.3 is 0 Å². The third kappa shape index (κ3) is 5.16. The van der Waals surface area contributed by atoms with Crippen LogP contribution in [0, 0.1) is 13.8 Å². The van der Waals surface area contributed by atoms with Crippen molar-refractivity contribution >= 4 is 29.0 Å². The topological polar surface area (TPSA) is 55.1 Å². The summed E-state index contributed by atoms with van der Waals surface area (Å²) in [5.74, 6) is 1.28. The van der Waals surface area contributed by atoms with Gasteiger partial charge in [0.25, 0.3) is 0 Å². The molecule has 1 amide bonds. The normalized spacial score (nSPS) is 10.4. The van der Waals surface area contributed by atoms with Crippen molar-refractivity contribution in [1.29, 1.82) is 0 Å². The number of benzene rings is 2. The van der Waals surface area contributed by atoms with Crippen LogP contribution in [0.5, 0.6) is 0 Å². The molecule has 3 N–H and O–H groups in total. The van der Waals surface area contributed by atoms with E-state index in [1.165, 1.54) is 5.56 Å². The molecule has 0 bridgehead atoms. The van der Waals surface area contributed by atoms with Crippen LogP contribution in [-0.2, 0) is 10.5 Å². The lowest BCUT2D eigenvalue weighted by atomic mass is 10.1. The van der Waals surface area contributed by atoms with Crippen LogP contribution in [0.25, 0.3) is 0 Å². The number of carbonyl (C=O) groups is 1. The van der Waals surface area contributed by atoms with E-state index in [0.717, 1.165) is 28.3 Å². The van der Waals surface area contributed by atoms with Crippen LogP contribution >= 0.6 is 11.8 Å². The Morgan fingerprint density at radius 2 is 1.71 bits per heavy atom. The molecule has 0 aromatic heterocycles. The summed E-state index contributed by atoms with van der Waals surface area (Å²) in [7, 11) is 0. The third-order valence-electron chi connectivity index (χ3n) is 2.99. The first-order valence-electron chi connectivity index (χ1n) is 6.83. The molecule has 0 atom stereocenters. The lowest BCUT2D eigenvalue weighted by Crippen LogP contribution is -2.14. The van der Waals surface area contributed by atoms with Gasteiger partial charge in [-0.25, -0.2) is 0 Å². The van der Waals surface area contributed by atoms with Gasteiger partial charge in [0.05, 0.1) is 5.75 Å². The number of rotatable bonds is 5. The molecule has 3 nitrogen and oxygen atoms in total. The second-order valence-electron chi connectivity index (χ2n) is 5.16. The number of nitrogen functional groups attached to an aromatic ring is 1. The monoisotopic (exact) mass is 300 g/mol. The number of nitrogens with two attached hydrogens (primary N) is 1. The molecule has 4 heteroatoms. The van der Waals surface area contributed by atoms with Crippen LogP contribution < -0.4 is 11.1 Å². The van der Waals surface area contributed by atoms with E-state index in [9.17, 15) is 4.79 Å². The fourth-order valence-corrected chi connectivity index (χ4v) is 2.91. The Kier molecular flexibility index (Phi) is 5.28. The largest absolute Gasteiger partial charge is 0.399 e. The highest BCUT2D eigenvalue weighted by atomic mass is 32.2. The lowest BCUT2D eigenvalue weighted by Gasteiger charge is -2.07. The SMILES string of the molecule is Cc1cc(C)cc(NC(=O)CSCc2ccc(N)cc2)c1. The molecule has 110 valence electrons. The summed E-state index contributed by atoms with van der Waals surface area (Å²) in [6.07, 6.45) is 0. The molecule has 0 aliphatic heterocycles. The van der Waals surface area contributed by atoms with E-state index < -0.39 is 0 Å². The molecule has 0 radical (unpaired) electrons. The van der Waals surface area contributed by atoms with Crippen molar-refractivity contribution in [2.75, 3.05) is 16.8 Å². The molecule has 2 aromatic carbocycles. The maximum absolute atomic E-state index is 11.9. The minimum atomic E-state index is 0.0282. The molecule has 21 heavy (non-hydrogen) atoms. The van der Waals surface area contributed by atoms with Crippen molar-refractivity contribution < 1.29 is 4.79 Å². The summed E-state index contributed by atoms with van der Waals surface area (Å²) in [4.78, 5) is 11.9. The van der Waals surface area contributed by atoms with Crippen LogP contribution in [0.15, 0.2) is 42.5 Å². The molecule has 0 saturated carbocycles. The minimum Gasteiger partial charge on any atom is -0.399 e. The average molecular weight is 300 g/mol. The number of anilines is 2. The molecule has 0 aliphatic carbocycles. The summed E-state index contributed by atoms with van der Waals surface area (Å²) in [6, 6.07) is 13.8. The molecular weight excluding hydrogens is 280 g/mol. The van der Waals surface area contributed by atoms with Crippen LogP contribution in [0.1, 0.15) is 16.7 Å². The minimum absolute atomic E-state index is 0.0282. The molecule has 0 fully saturated rings. The number of carbonyl (C=O) groups excluding carboxylic acids is 1. The summed E-state index contributed by atoms with van der Waals surface area (Å²) >= 11 is 1.60. The zero-order valence-electron chi connectivity index (χ0n) is 12.3. The number of hydrogen-bond acceptors (Lipinski definition) is 3. The lowest BCUT2D eigenvalue weighted by molar-refractivity contribution is -0.113. The fraction of sp³-hybridized carbons (Fsp3) is 0.235. The van der Waals surface area contributed by atoms with Gasteiger partial charge in [0.2, 0.25) is 5.91 Å². The first-order valence-corrected chi connectivity index (χ1v) is 7.99. The first-order chi connectivity index (χ1) is 10.0. The van der Waals surface area contributed by atoms with Crippen LogP contribution in [0.2, 0.25) is 0 Å². The van der Waals surface area contributed by atoms with E-state index in [-0.39, 0.29) is 5.91 Å². The van der Waals surface area contributed by atoms with Gasteiger partial charge in [-0.3, -0.25) is 4.79 Å². The van der Waals surface area contributed by atoms with Gasteiger partial charge < -0.3 is 11.1 Å². The molecule has 0 saturated heterocycles. The number of nitrogens with one attached hydrogen (secondary N) is 1. The zero-order valence-corrected chi connectivity index (χ0v) is 13.2. The second kappa shape index (κ2) is 7.18.